The number of nitrogens with zero attached hydrogens (tertiary/aromatic N) is 1. The predicted octanol–water partition coefficient (Wildman–Crippen LogP) is 2.20. The molecule has 23 heavy (non-hydrogen) atoms. The fourth-order valence-electron chi connectivity index (χ4n) is 2.57. The molecule has 1 aromatic carbocycles. The van der Waals surface area contributed by atoms with Gasteiger partial charge in [0.2, 0.25) is 10.0 Å². The lowest BCUT2D eigenvalue weighted by Crippen LogP contribution is -2.43. The van der Waals surface area contributed by atoms with E-state index in [0.717, 1.165) is 0 Å². The number of sulfonamides is 1. The normalized spacial score (nSPS) is 15.9. The highest BCUT2D eigenvalue weighted by molar-refractivity contribution is 7.92. The van der Waals surface area contributed by atoms with Crippen LogP contribution in [-0.4, -0.2) is 46.6 Å². The van der Waals surface area contributed by atoms with Gasteiger partial charge in [-0.05, 0) is 44.0 Å². The highest BCUT2D eigenvalue weighted by Crippen LogP contribution is 2.27. The Morgan fingerprint density at radius 1 is 1.30 bits per heavy atom. The van der Waals surface area contributed by atoms with Crippen LogP contribution in [0.2, 0.25) is 0 Å². The van der Waals surface area contributed by atoms with E-state index in [1.54, 1.807) is 31.2 Å². The molecule has 0 bridgehead atoms. The highest BCUT2D eigenvalue weighted by atomic mass is 32.2. The van der Waals surface area contributed by atoms with Gasteiger partial charge in [0.15, 0.2) is 0 Å². The molecule has 1 N–H and O–H groups in total. The Balaban J connectivity index is 2.17. The van der Waals surface area contributed by atoms with Gasteiger partial charge < -0.3 is 9.47 Å². The maximum atomic E-state index is 12.2. The van der Waals surface area contributed by atoms with Crippen LogP contribution < -0.4 is 9.62 Å². The smallest absolute Gasteiger partial charge is 0.411 e. The molecule has 0 saturated carbocycles. The number of ether oxygens (including phenoxy) is 2. The second-order valence-corrected chi connectivity index (χ2v) is 7.15. The molecule has 1 aromatic rings. The molecule has 0 radical (unpaired) electrons. The predicted molar refractivity (Wildman–Crippen MR) is 88.3 cm³/mol. The molecule has 0 spiro atoms. The molecule has 128 valence electrons. The second-order valence-electron chi connectivity index (χ2n) is 5.29. The minimum absolute atomic E-state index is 0.109. The SMILES string of the molecule is CCOC(=O)Nc1ccc(N(C2CCOCC2)S(C)(=O)=O)cc1. The molecule has 1 heterocycles. The summed E-state index contributed by atoms with van der Waals surface area (Å²) in [6.45, 7) is 3.12. The molecule has 0 aliphatic carbocycles. The number of carbonyl (C=O) groups is 1. The van der Waals surface area contributed by atoms with Crippen molar-refractivity contribution in [2.24, 2.45) is 0 Å². The number of hydrogen-bond donors (Lipinski definition) is 1. The molecule has 1 fully saturated rings. The third kappa shape index (κ3) is 4.84. The summed E-state index contributed by atoms with van der Waals surface area (Å²) in [4.78, 5) is 11.4. The lowest BCUT2D eigenvalue weighted by Gasteiger charge is -2.34. The molecule has 0 unspecified atom stereocenters. The first-order chi connectivity index (χ1) is 10.9. The van der Waals surface area contributed by atoms with Gasteiger partial charge >= 0.3 is 6.09 Å². The first kappa shape index (κ1) is 17.6. The first-order valence-electron chi connectivity index (χ1n) is 7.53. The van der Waals surface area contributed by atoms with Crippen molar-refractivity contribution in [1.82, 2.24) is 0 Å². The van der Waals surface area contributed by atoms with Gasteiger partial charge in [0.1, 0.15) is 0 Å². The molecule has 0 aromatic heterocycles. The Hall–Kier alpha value is -1.80. The highest BCUT2D eigenvalue weighted by Gasteiger charge is 2.28. The van der Waals surface area contributed by atoms with Gasteiger partial charge in [-0.3, -0.25) is 9.62 Å². The van der Waals surface area contributed by atoms with Crippen LogP contribution in [0.5, 0.6) is 0 Å². The third-order valence-corrected chi connectivity index (χ3v) is 4.75. The van der Waals surface area contributed by atoms with Gasteiger partial charge in [0, 0.05) is 24.9 Å². The fourth-order valence-corrected chi connectivity index (χ4v) is 3.83. The van der Waals surface area contributed by atoms with E-state index < -0.39 is 16.1 Å². The molecular formula is C15H22N2O5S. The van der Waals surface area contributed by atoms with Crippen molar-refractivity contribution >= 4 is 27.5 Å². The third-order valence-electron chi connectivity index (χ3n) is 3.52. The van der Waals surface area contributed by atoms with Gasteiger partial charge in [0.25, 0.3) is 0 Å². The summed E-state index contributed by atoms with van der Waals surface area (Å²) in [7, 11) is -3.40. The molecule has 1 aliphatic rings. The molecule has 1 saturated heterocycles. The van der Waals surface area contributed by atoms with E-state index in [2.05, 4.69) is 5.32 Å². The van der Waals surface area contributed by atoms with Crippen molar-refractivity contribution in [3.05, 3.63) is 24.3 Å². The Labute approximate surface area is 136 Å². The van der Waals surface area contributed by atoms with Crippen LogP contribution in [0.15, 0.2) is 24.3 Å². The van der Waals surface area contributed by atoms with Crippen LogP contribution in [-0.2, 0) is 19.5 Å². The minimum atomic E-state index is -3.40. The van der Waals surface area contributed by atoms with Gasteiger partial charge in [-0.25, -0.2) is 13.2 Å². The van der Waals surface area contributed by atoms with Crippen molar-refractivity contribution in [2.75, 3.05) is 35.7 Å². The summed E-state index contributed by atoms with van der Waals surface area (Å²) in [6.07, 6.45) is 1.99. The Morgan fingerprint density at radius 2 is 1.91 bits per heavy atom. The van der Waals surface area contributed by atoms with Crippen LogP contribution in [0.25, 0.3) is 0 Å². The molecule has 0 atom stereocenters. The Bertz CT molecular complexity index is 624. The minimum Gasteiger partial charge on any atom is -0.450 e. The zero-order valence-electron chi connectivity index (χ0n) is 13.3. The van der Waals surface area contributed by atoms with Crippen LogP contribution in [0.4, 0.5) is 16.2 Å². The maximum Gasteiger partial charge on any atom is 0.411 e. The average molecular weight is 342 g/mol. The fraction of sp³-hybridized carbons (Fsp3) is 0.533. The summed E-state index contributed by atoms with van der Waals surface area (Å²) in [5.74, 6) is 0. The van der Waals surface area contributed by atoms with Crippen LogP contribution in [0.1, 0.15) is 19.8 Å². The van der Waals surface area contributed by atoms with Crippen LogP contribution >= 0.6 is 0 Å². The Morgan fingerprint density at radius 3 is 2.43 bits per heavy atom. The van der Waals surface area contributed by atoms with Gasteiger partial charge in [-0.1, -0.05) is 0 Å². The van der Waals surface area contributed by atoms with Crippen LogP contribution in [0, 0.1) is 0 Å². The van der Waals surface area contributed by atoms with Crippen molar-refractivity contribution in [3.63, 3.8) is 0 Å². The maximum absolute atomic E-state index is 12.2. The molecule has 7 nitrogen and oxygen atoms in total. The summed E-state index contributed by atoms with van der Waals surface area (Å²) in [6, 6.07) is 6.56. The van der Waals surface area contributed by atoms with E-state index in [0.29, 0.717) is 37.4 Å². The van der Waals surface area contributed by atoms with E-state index in [1.807, 2.05) is 0 Å². The lowest BCUT2D eigenvalue weighted by atomic mass is 10.1. The van der Waals surface area contributed by atoms with E-state index in [4.69, 9.17) is 9.47 Å². The lowest BCUT2D eigenvalue weighted by molar-refractivity contribution is 0.0876. The summed E-state index contributed by atoms with van der Waals surface area (Å²) in [5.41, 5.74) is 1.13. The van der Waals surface area contributed by atoms with Crippen molar-refractivity contribution < 1.29 is 22.7 Å². The number of nitrogens with one attached hydrogen (secondary N) is 1. The van der Waals surface area contributed by atoms with E-state index in [-0.39, 0.29) is 12.6 Å². The number of benzene rings is 1. The first-order valence-corrected chi connectivity index (χ1v) is 9.37. The van der Waals surface area contributed by atoms with Gasteiger partial charge in [0.05, 0.1) is 18.6 Å². The quantitative estimate of drug-likeness (QED) is 0.887. The van der Waals surface area contributed by atoms with Crippen LogP contribution in [0.3, 0.4) is 0 Å². The molecule has 8 heteroatoms. The number of anilines is 2. The average Bonchev–Trinajstić information content (AvgIpc) is 2.49. The molecular weight excluding hydrogens is 320 g/mol. The van der Waals surface area contributed by atoms with Gasteiger partial charge in [-0.2, -0.15) is 0 Å². The molecule has 1 aliphatic heterocycles. The zero-order chi connectivity index (χ0) is 16.9. The summed E-state index contributed by atoms with van der Waals surface area (Å²) in [5, 5.41) is 2.58. The second kappa shape index (κ2) is 7.65. The number of amides is 1. The number of hydrogen-bond acceptors (Lipinski definition) is 5. The largest absolute Gasteiger partial charge is 0.450 e. The monoisotopic (exact) mass is 342 g/mol. The summed E-state index contributed by atoms with van der Waals surface area (Å²) >= 11 is 0. The molecule has 2 rings (SSSR count). The standard InChI is InChI=1S/C15H22N2O5S/c1-3-22-15(18)16-12-4-6-13(7-5-12)17(23(2,19)20)14-8-10-21-11-9-14/h4-7,14H,3,8-11H2,1-2H3,(H,16,18). The Kier molecular flexibility index (Phi) is 5.84. The van der Waals surface area contributed by atoms with E-state index >= 15 is 0 Å². The number of rotatable bonds is 5. The topological polar surface area (TPSA) is 84.9 Å². The van der Waals surface area contributed by atoms with Crippen molar-refractivity contribution in [1.29, 1.82) is 0 Å². The molecule has 1 amide bonds. The summed E-state index contributed by atoms with van der Waals surface area (Å²) < 4.78 is 35.9. The zero-order valence-corrected chi connectivity index (χ0v) is 14.1. The van der Waals surface area contributed by atoms with E-state index in [1.165, 1.54) is 10.6 Å². The van der Waals surface area contributed by atoms with Crippen molar-refractivity contribution in [2.45, 2.75) is 25.8 Å². The van der Waals surface area contributed by atoms with Crippen molar-refractivity contribution in [3.8, 4) is 0 Å². The number of carbonyl (C=O) groups excluding carboxylic acids is 1. The van der Waals surface area contributed by atoms with Gasteiger partial charge in [-0.15, -0.1) is 0 Å². The van der Waals surface area contributed by atoms with E-state index in [9.17, 15) is 13.2 Å².